The van der Waals surface area contributed by atoms with Gasteiger partial charge < -0.3 is 13.7 Å². The van der Waals surface area contributed by atoms with E-state index in [0.717, 1.165) is 106 Å². The minimum absolute atomic E-state index is 0.634. The van der Waals surface area contributed by atoms with Gasteiger partial charge >= 0.3 is 0 Å². The van der Waals surface area contributed by atoms with Gasteiger partial charge in [-0.05, 0) is 145 Å². The van der Waals surface area contributed by atoms with Crippen molar-refractivity contribution in [3.8, 4) is 153 Å². The molecule has 12 heteroatoms. The van der Waals surface area contributed by atoms with Crippen LogP contribution in [0.1, 0.15) is 0 Å². The highest BCUT2D eigenvalue weighted by molar-refractivity contribution is 6.26. The third-order valence-corrected chi connectivity index (χ3v) is 26.6. The maximum absolute atomic E-state index is 5.16. The summed E-state index contributed by atoms with van der Waals surface area (Å²) in [4.78, 5) is 44.7. The molecule has 6 heterocycles. The fourth-order valence-corrected chi connectivity index (χ4v) is 19.7. The van der Waals surface area contributed by atoms with Gasteiger partial charge in [0.2, 0.25) is 0 Å². The van der Waals surface area contributed by atoms with Gasteiger partial charge in [0.05, 0.1) is 33.1 Å². The second-order valence-corrected chi connectivity index (χ2v) is 35.1. The minimum atomic E-state index is 0.634. The number of aromatic nitrogens is 12. The second kappa shape index (κ2) is 36.6. The molecular formula is C129H84N12. The molecule has 0 bridgehead atoms. The summed E-state index contributed by atoms with van der Waals surface area (Å²) < 4.78 is 7.01. The molecule has 0 aliphatic heterocycles. The maximum Gasteiger partial charge on any atom is 0.164 e. The summed E-state index contributed by atoms with van der Waals surface area (Å²) in [6.45, 7) is 0. The van der Waals surface area contributed by atoms with E-state index in [1.807, 2.05) is 115 Å². The summed E-state index contributed by atoms with van der Waals surface area (Å²) in [5.74, 6) is 5.84. The lowest BCUT2D eigenvalue weighted by molar-refractivity contribution is 1.07. The Morgan fingerprint density at radius 3 is 0.546 bits per heavy atom. The molecule has 0 saturated heterocycles. The number of benzene rings is 21. The van der Waals surface area contributed by atoms with Crippen LogP contribution in [-0.2, 0) is 0 Å². The van der Waals surface area contributed by atoms with E-state index in [9.17, 15) is 0 Å². The summed E-state index contributed by atoms with van der Waals surface area (Å²) >= 11 is 0. The van der Waals surface area contributed by atoms with Gasteiger partial charge in [0.15, 0.2) is 52.4 Å². The molecular weight excluding hydrogens is 1720 g/mol. The van der Waals surface area contributed by atoms with Gasteiger partial charge in [-0.3, -0.25) is 0 Å². The third-order valence-electron chi connectivity index (χ3n) is 26.6. The molecule has 21 aromatic carbocycles. The third kappa shape index (κ3) is 16.1. The van der Waals surface area contributed by atoms with Crippen molar-refractivity contribution in [2.24, 2.45) is 0 Å². The van der Waals surface area contributed by atoms with Crippen LogP contribution in [0.15, 0.2) is 510 Å². The quantitative estimate of drug-likeness (QED) is 0.0921. The molecule has 0 unspecified atom stereocenters. The molecule has 0 radical (unpaired) electrons. The molecule has 660 valence electrons. The SMILES string of the molecule is c1ccc(-c2ccc(-c3nc(-c4ccccc4)nc(-c4ccc(-c5ccc(-n6c7ccccc7c7ccccc76)cc5)cc4)n3)cc2)cc1.c1ccc(-c2nc(-c3cccc(-n4c5ccccc5c5ccccc54)c3)nc(-c3ccc4c5ccccc5c5ccccc5c4c3)n2)cc1.c1ccc(-c2nc(-c3ccccc3)nc(-c3ccc(-c4ccc(-n5c6ccccc6c6ccccc65)cc4)cc3)n2)cc1. The van der Waals surface area contributed by atoms with Crippen molar-refractivity contribution in [2.45, 2.75) is 0 Å². The van der Waals surface area contributed by atoms with Gasteiger partial charge in [-0.25, -0.2) is 44.9 Å². The van der Waals surface area contributed by atoms with Crippen molar-refractivity contribution in [3.63, 3.8) is 0 Å². The van der Waals surface area contributed by atoms with Crippen LogP contribution < -0.4 is 0 Å². The van der Waals surface area contributed by atoms with Crippen molar-refractivity contribution in [1.29, 1.82) is 0 Å². The first-order chi connectivity index (χ1) is 69.9. The van der Waals surface area contributed by atoms with Gasteiger partial charge in [0, 0.05) is 99.5 Å². The predicted molar refractivity (Wildman–Crippen MR) is 580 cm³/mol. The number of hydrogen-bond acceptors (Lipinski definition) is 9. The number of hydrogen-bond donors (Lipinski definition) is 0. The highest BCUT2D eigenvalue weighted by atomic mass is 15.1. The Kier molecular flexibility index (Phi) is 21.7. The van der Waals surface area contributed by atoms with Crippen molar-refractivity contribution < 1.29 is 0 Å². The Labute approximate surface area is 813 Å². The second-order valence-electron chi connectivity index (χ2n) is 35.1. The van der Waals surface area contributed by atoms with Gasteiger partial charge in [-0.15, -0.1) is 0 Å². The molecule has 141 heavy (non-hydrogen) atoms. The molecule has 0 spiro atoms. The van der Waals surface area contributed by atoms with Crippen LogP contribution in [0.5, 0.6) is 0 Å². The van der Waals surface area contributed by atoms with E-state index in [1.54, 1.807) is 0 Å². The smallest absolute Gasteiger partial charge is 0.164 e. The zero-order chi connectivity index (χ0) is 93.5. The monoisotopic (exact) mass is 1800 g/mol. The highest BCUT2D eigenvalue weighted by Crippen LogP contribution is 2.42. The van der Waals surface area contributed by atoms with E-state index in [1.165, 1.54) is 92.3 Å². The zero-order valence-corrected chi connectivity index (χ0v) is 76.4. The van der Waals surface area contributed by atoms with Gasteiger partial charge in [-0.2, -0.15) is 0 Å². The van der Waals surface area contributed by atoms with Crippen LogP contribution in [0, 0.1) is 0 Å². The summed E-state index contributed by atoms with van der Waals surface area (Å²) in [5, 5.41) is 14.9. The lowest BCUT2D eigenvalue weighted by Crippen LogP contribution is -2.01. The number of nitrogens with zero attached hydrogens (tertiary/aromatic N) is 12. The Bertz CT molecular complexity index is 9110. The molecule has 0 amide bonds. The van der Waals surface area contributed by atoms with Crippen LogP contribution in [0.3, 0.4) is 0 Å². The number of para-hydroxylation sites is 6. The first-order valence-electron chi connectivity index (χ1n) is 47.4. The first kappa shape index (κ1) is 83.6. The molecule has 0 aliphatic carbocycles. The van der Waals surface area contributed by atoms with Gasteiger partial charge in [0.1, 0.15) is 0 Å². The fourth-order valence-electron chi connectivity index (χ4n) is 19.7. The van der Waals surface area contributed by atoms with Gasteiger partial charge in [-0.1, -0.05) is 431 Å². The molecule has 27 aromatic rings. The van der Waals surface area contributed by atoms with E-state index >= 15 is 0 Å². The Hall–Kier alpha value is -19.2. The standard InChI is InChI=1S/C45H28N4.C45H30N4.C39H26N4/c1-2-13-29(14-3-1)43-46-44(30-15-12-16-32(27-30)49-41-23-10-8-21-38(41)39-22-9-11-24-42(39)49)48-45(47-43)31-25-26-37-35-19-5-4-17-33(35)34-18-6-7-20-36(34)40(37)28-31;1-3-11-31(12-4-1)32-19-23-36(24-20-32)44-46-43(35-13-5-2-6-14-35)47-45(48-44)37-25-21-33(22-26-37)34-27-29-38(30-28-34)49-41-17-9-7-15-39(41)40-16-8-10-18-42(40)49;1-3-11-29(12-4-1)37-40-38(30-13-5-2-6-14-30)42-39(41-37)31-21-19-27(20-22-31)28-23-25-32(26-24-28)43-35-17-9-7-15-33(35)34-16-8-10-18-36(34)43/h1-28H;1-30H;1-26H. The lowest BCUT2D eigenvalue weighted by Gasteiger charge is -2.13. The molecule has 0 N–H and O–H groups in total. The number of rotatable bonds is 15. The molecule has 0 saturated carbocycles. The highest BCUT2D eigenvalue weighted by Gasteiger charge is 2.23. The molecule has 27 rings (SSSR count). The van der Waals surface area contributed by atoms with Crippen molar-refractivity contribution in [1.82, 2.24) is 58.6 Å². The van der Waals surface area contributed by atoms with E-state index in [2.05, 4.69) is 408 Å². The summed E-state index contributed by atoms with van der Waals surface area (Å²) in [5.41, 5.74) is 25.9. The average Bonchev–Trinajstić information content (AvgIpc) is 1.59. The summed E-state index contributed by atoms with van der Waals surface area (Å²) in [7, 11) is 0. The van der Waals surface area contributed by atoms with E-state index in [0.29, 0.717) is 52.4 Å². The minimum Gasteiger partial charge on any atom is -0.309 e. The number of fused-ring (bicyclic) bond motifs is 15. The largest absolute Gasteiger partial charge is 0.309 e. The summed E-state index contributed by atoms with van der Waals surface area (Å²) in [6, 6.07) is 178. The van der Waals surface area contributed by atoms with Crippen LogP contribution in [0.2, 0.25) is 0 Å². The Morgan fingerprint density at radius 1 is 0.0993 bits per heavy atom. The fraction of sp³-hybridized carbons (Fsp3) is 0. The molecule has 0 fully saturated rings. The Morgan fingerprint density at radius 2 is 0.270 bits per heavy atom. The van der Waals surface area contributed by atoms with Crippen molar-refractivity contribution in [2.75, 3.05) is 0 Å². The van der Waals surface area contributed by atoms with Crippen LogP contribution in [-0.4, -0.2) is 58.6 Å². The van der Waals surface area contributed by atoms with E-state index in [-0.39, 0.29) is 0 Å². The predicted octanol–water partition coefficient (Wildman–Crippen LogP) is 32.4. The van der Waals surface area contributed by atoms with Crippen LogP contribution >= 0.6 is 0 Å². The lowest BCUT2D eigenvalue weighted by atomic mass is 9.93. The summed E-state index contributed by atoms with van der Waals surface area (Å²) in [6.07, 6.45) is 0. The van der Waals surface area contributed by atoms with Crippen molar-refractivity contribution >= 4 is 97.7 Å². The van der Waals surface area contributed by atoms with Crippen LogP contribution in [0.4, 0.5) is 0 Å². The van der Waals surface area contributed by atoms with Crippen LogP contribution in [0.25, 0.3) is 251 Å². The molecule has 6 aromatic heterocycles. The molecule has 12 nitrogen and oxygen atoms in total. The maximum atomic E-state index is 5.16. The van der Waals surface area contributed by atoms with E-state index in [4.69, 9.17) is 44.9 Å². The Balaban J connectivity index is 0.000000112. The normalized spacial score (nSPS) is 11.4. The zero-order valence-electron chi connectivity index (χ0n) is 76.4. The van der Waals surface area contributed by atoms with Crippen molar-refractivity contribution in [3.05, 3.63) is 510 Å². The topological polar surface area (TPSA) is 131 Å². The molecule has 0 atom stereocenters. The van der Waals surface area contributed by atoms with Gasteiger partial charge in [0.25, 0.3) is 0 Å². The van der Waals surface area contributed by atoms with E-state index < -0.39 is 0 Å². The first-order valence-corrected chi connectivity index (χ1v) is 47.4. The molecule has 0 aliphatic rings. The average molecular weight is 1800 g/mol.